The van der Waals surface area contributed by atoms with Crippen LogP contribution in [0.1, 0.15) is 69.6 Å². The molecule has 0 bridgehead atoms. The molecule has 4 rings (SSSR count). The van der Waals surface area contributed by atoms with E-state index in [9.17, 15) is 0 Å². The first-order chi connectivity index (χ1) is 15.5. The van der Waals surface area contributed by atoms with Crippen molar-refractivity contribution in [1.82, 2.24) is 9.88 Å². The van der Waals surface area contributed by atoms with Gasteiger partial charge in [0.2, 0.25) is 0 Å². The number of nitrogens with one attached hydrogen (secondary N) is 2. The zero-order valence-electron chi connectivity index (χ0n) is 20.3. The van der Waals surface area contributed by atoms with E-state index in [0.29, 0.717) is 5.92 Å². The van der Waals surface area contributed by atoms with Gasteiger partial charge in [-0.15, -0.1) is 0 Å². The Balaban J connectivity index is 1.51. The van der Waals surface area contributed by atoms with Crippen LogP contribution in [0.4, 0.5) is 5.69 Å². The molecule has 0 saturated carbocycles. The summed E-state index contributed by atoms with van der Waals surface area (Å²) in [5.74, 6) is 0.449. The van der Waals surface area contributed by atoms with Crippen LogP contribution in [0.15, 0.2) is 31.0 Å². The summed E-state index contributed by atoms with van der Waals surface area (Å²) >= 11 is 0. The normalized spacial score (nSPS) is 17.0. The molecule has 2 aromatic rings. The van der Waals surface area contributed by atoms with Gasteiger partial charge >= 0.3 is 0 Å². The molecule has 1 atom stereocenters. The summed E-state index contributed by atoms with van der Waals surface area (Å²) in [6, 6.07) is 7.31. The molecule has 1 aromatic carbocycles. The Morgan fingerprint density at radius 1 is 1.09 bits per heavy atom. The van der Waals surface area contributed by atoms with Crippen molar-refractivity contribution in [2.45, 2.75) is 71.8 Å². The zero-order chi connectivity index (χ0) is 22.5. The number of fused-ring (bicyclic) bond motifs is 1. The Kier molecular flexibility index (Phi) is 7.57. The number of aromatic nitrogens is 1. The van der Waals surface area contributed by atoms with Crippen molar-refractivity contribution in [3.05, 3.63) is 58.2 Å². The summed E-state index contributed by atoms with van der Waals surface area (Å²) in [7, 11) is 0. The smallest absolute Gasteiger partial charge is 0.0537 e. The van der Waals surface area contributed by atoms with E-state index in [2.05, 4.69) is 79.1 Å². The second-order valence-corrected chi connectivity index (χ2v) is 9.95. The molecular formula is C29H41N3. The van der Waals surface area contributed by atoms with Crippen molar-refractivity contribution in [2.24, 2.45) is 5.92 Å². The van der Waals surface area contributed by atoms with Crippen LogP contribution in [0.2, 0.25) is 0 Å². The summed E-state index contributed by atoms with van der Waals surface area (Å²) in [5.41, 5.74) is 6.56. The Labute approximate surface area is 194 Å². The first-order valence-corrected chi connectivity index (χ1v) is 12.7. The summed E-state index contributed by atoms with van der Waals surface area (Å²) in [6.07, 6.45) is 15.3. The van der Waals surface area contributed by atoms with Crippen molar-refractivity contribution >= 4 is 23.4 Å². The van der Waals surface area contributed by atoms with Crippen LogP contribution in [-0.2, 0) is 12.8 Å². The highest BCUT2D eigenvalue weighted by Gasteiger charge is 2.20. The molecule has 1 unspecified atom stereocenters. The molecule has 32 heavy (non-hydrogen) atoms. The van der Waals surface area contributed by atoms with E-state index in [4.69, 9.17) is 0 Å². The first kappa shape index (κ1) is 22.9. The van der Waals surface area contributed by atoms with Crippen LogP contribution in [-0.4, -0.2) is 35.6 Å². The number of aromatic amines is 1. The molecular weight excluding hydrogens is 390 g/mol. The van der Waals surface area contributed by atoms with Crippen molar-refractivity contribution in [2.75, 3.05) is 25.0 Å². The molecule has 2 heterocycles. The highest BCUT2D eigenvalue weighted by molar-refractivity contribution is 5.72. The van der Waals surface area contributed by atoms with Gasteiger partial charge in [0.1, 0.15) is 0 Å². The molecule has 3 heteroatoms. The standard InChI is InChI=1S/C29H41N3/c1-5-23-17-24(11-10-16-32-14-8-9-15-32)19-25(18-23)31-29(21(2)3)22(4)27-20-30-28-13-7-6-12-26(27)28/h12-13,17-21,29-31H,4-11,14-16H2,1-3H3. The fraction of sp³-hybridized carbons (Fsp3) is 0.517. The number of likely N-dealkylation sites (tertiary alicyclic amines) is 1. The second kappa shape index (κ2) is 10.6. The molecule has 2 N–H and O–H groups in total. The minimum Gasteiger partial charge on any atom is -0.378 e. The SMILES string of the molecule is C=C(c1c[nH]c2c1=CCCC=2)C(Nc1cc(CC)cc(CCCN2CCCC2)c1)C(C)C. The quantitative estimate of drug-likeness (QED) is 0.548. The summed E-state index contributed by atoms with van der Waals surface area (Å²) in [6.45, 7) is 15.2. The predicted molar refractivity (Wildman–Crippen MR) is 139 cm³/mol. The van der Waals surface area contributed by atoms with Gasteiger partial charge in [-0.25, -0.2) is 0 Å². The van der Waals surface area contributed by atoms with E-state index >= 15 is 0 Å². The van der Waals surface area contributed by atoms with Gasteiger partial charge in [0.25, 0.3) is 0 Å². The number of rotatable bonds is 10. The molecule has 2 aliphatic rings. The summed E-state index contributed by atoms with van der Waals surface area (Å²) in [4.78, 5) is 6.08. The fourth-order valence-corrected chi connectivity index (χ4v) is 5.27. The molecule has 3 nitrogen and oxygen atoms in total. The van der Waals surface area contributed by atoms with Gasteiger partial charge < -0.3 is 15.2 Å². The predicted octanol–water partition coefficient (Wildman–Crippen LogP) is 5.11. The molecule has 1 aliphatic heterocycles. The van der Waals surface area contributed by atoms with Crippen LogP contribution in [0, 0.1) is 5.92 Å². The van der Waals surface area contributed by atoms with E-state index in [1.54, 1.807) is 0 Å². The average Bonchev–Trinajstić information content (AvgIpc) is 3.46. The van der Waals surface area contributed by atoms with Crippen LogP contribution in [0.3, 0.4) is 0 Å². The number of benzene rings is 1. The lowest BCUT2D eigenvalue weighted by atomic mass is 9.91. The minimum absolute atomic E-state index is 0.204. The second-order valence-electron chi connectivity index (χ2n) is 9.95. The van der Waals surface area contributed by atoms with Crippen LogP contribution < -0.4 is 15.9 Å². The lowest BCUT2D eigenvalue weighted by Gasteiger charge is -2.26. The van der Waals surface area contributed by atoms with Crippen LogP contribution >= 0.6 is 0 Å². The molecule has 0 radical (unpaired) electrons. The van der Waals surface area contributed by atoms with Gasteiger partial charge in [-0.05, 0) is 99.3 Å². The molecule has 1 fully saturated rings. The van der Waals surface area contributed by atoms with Crippen molar-refractivity contribution in [1.29, 1.82) is 0 Å². The van der Waals surface area contributed by atoms with E-state index < -0.39 is 0 Å². The lowest BCUT2D eigenvalue weighted by molar-refractivity contribution is 0.334. The van der Waals surface area contributed by atoms with Crippen molar-refractivity contribution < 1.29 is 0 Å². The third-order valence-corrected chi connectivity index (χ3v) is 7.13. The third-order valence-electron chi connectivity index (χ3n) is 7.13. The fourth-order valence-electron chi connectivity index (χ4n) is 5.27. The Bertz CT molecular complexity index is 1040. The number of H-pyrrole nitrogens is 1. The molecule has 1 aromatic heterocycles. The highest BCUT2D eigenvalue weighted by Crippen LogP contribution is 2.26. The maximum absolute atomic E-state index is 4.56. The molecule has 172 valence electrons. The first-order valence-electron chi connectivity index (χ1n) is 12.7. The Morgan fingerprint density at radius 2 is 1.84 bits per heavy atom. The number of aryl methyl sites for hydroxylation is 2. The van der Waals surface area contributed by atoms with E-state index in [0.717, 1.165) is 25.7 Å². The van der Waals surface area contributed by atoms with Gasteiger partial charge in [0, 0.05) is 28.0 Å². The summed E-state index contributed by atoms with van der Waals surface area (Å²) in [5, 5.41) is 6.46. The third kappa shape index (κ3) is 5.38. The van der Waals surface area contributed by atoms with Gasteiger partial charge in [-0.1, -0.05) is 45.6 Å². The van der Waals surface area contributed by atoms with Crippen molar-refractivity contribution in [3.63, 3.8) is 0 Å². The van der Waals surface area contributed by atoms with Gasteiger partial charge in [-0.2, -0.15) is 0 Å². The van der Waals surface area contributed by atoms with Gasteiger partial charge in [0.05, 0.1) is 6.04 Å². The number of hydrogen-bond donors (Lipinski definition) is 2. The van der Waals surface area contributed by atoms with E-state index in [1.807, 2.05) is 0 Å². The molecule has 0 amide bonds. The largest absolute Gasteiger partial charge is 0.378 e. The van der Waals surface area contributed by atoms with Gasteiger partial charge in [-0.3, -0.25) is 0 Å². The van der Waals surface area contributed by atoms with Crippen LogP contribution in [0.25, 0.3) is 17.7 Å². The average molecular weight is 432 g/mol. The summed E-state index contributed by atoms with van der Waals surface area (Å²) < 4.78 is 0. The Hall–Kier alpha value is -2.26. The lowest BCUT2D eigenvalue weighted by Crippen LogP contribution is -2.32. The minimum atomic E-state index is 0.204. The monoisotopic (exact) mass is 431 g/mol. The molecule has 1 saturated heterocycles. The van der Waals surface area contributed by atoms with Crippen LogP contribution in [0.5, 0.6) is 0 Å². The number of nitrogens with zero attached hydrogens (tertiary/aromatic N) is 1. The maximum Gasteiger partial charge on any atom is 0.0537 e. The maximum atomic E-state index is 4.56. The highest BCUT2D eigenvalue weighted by atomic mass is 15.1. The van der Waals surface area contributed by atoms with E-state index in [-0.39, 0.29) is 6.04 Å². The van der Waals surface area contributed by atoms with E-state index in [1.165, 1.54) is 77.4 Å². The Morgan fingerprint density at radius 3 is 2.59 bits per heavy atom. The van der Waals surface area contributed by atoms with Gasteiger partial charge in [0.15, 0.2) is 0 Å². The van der Waals surface area contributed by atoms with Crippen molar-refractivity contribution in [3.8, 4) is 0 Å². The number of anilines is 1. The number of hydrogen-bond acceptors (Lipinski definition) is 2. The topological polar surface area (TPSA) is 31.1 Å². The molecule has 0 spiro atoms. The zero-order valence-corrected chi connectivity index (χ0v) is 20.3. The molecule has 1 aliphatic carbocycles.